The van der Waals surface area contributed by atoms with Crippen LogP contribution in [0.4, 0.5) is 0 Å². The van der Waals surface area contributed by atoms with Gasteiger partial charge in [0, 0.05) is 38.0 Å². The molecular formula is C60H38N2O. The number of nitrogens with zero attached hydrogens (tertiary/aromatic N) is 2. The van der Waals surface area contributed by atoms with E-state index in [1.807, 2.05) is 0 Å². The maximum Gasteiger partial charge on any atom is 0.160 e. The number of benzene rings is 10. The number of fused-ring (bicyclic) bond motifs is 9. The van der Waals surface area contributed by atoms with E-state index in [9.17, 15) is 0 Å². The van der Waals surface area contributed by atoms with Gasteiger partial charge in [-0.1, -0.05) is 176 Å². The monoisotopic (exact) mass is 802 g/mol. The molecule has 0 N–H and O–H groups in total. The number of hydrogen-bond donors (Lipinski definition) is 0. The first-order chi connectivity index (χ1) is 31.3. The van der Waals surface area contributed by atoms with Crippen LogP contribution in [0.5, 0.6) is 0 Å². The van der Waals surface area contributed by atoms with E-state index in [1.165, 1.54) is 71.5 Å². The van der Waals surface area contributed by atoms with Crippen LogP contribution >= 0.6 is 0 Å². The summed E-state index contributed by atoms with van der Waals surface area (Å²) in [6.45, 7) is 0. The highest BCUT2D eigenvalue weighted by Crippen LogP contribution is 2.46. The number of para-hydroxylation sites is 3. The van der Waals surface area contributed by atoms with Crippen molar-refractivity contribution in [3.05, 3.63) is 231 Å². The Balaban J connectivity index is 1.01. The third-order valence-electron chi connectivity index (χ3n) is 13.0. The molecule has 3 heteroatoms. The lowest BCUT2D eigenvalue weighted by Gasteiger charge is -2.14. The second kappa shape index (κ2) is 14.1. The molecule has 13 rings (SSSR count). The fourth-order valence-electron chi connectivity index (χ4n) is 10.2. The summed E-state index contributed by atoms with van der Waals surface area (Å²) < 4.78 is 11.8. The Morgan fingerprint density at radius 1 is 0.286 bits per heavy atom. The standard InChI is InChI=1S/C60H38N2O/c1-3-16-39(17-4-1)40-30-33-43(34-31-40)61-52-26-12-9-22-47(52)51-38-42(32-36-54(51)61)45-25-15-28-55-58(45)49-23-10-13-27-53(49)62(55)56-37-35-48(59-50-24-11-14-29-57(50)63-60(56)59)46-21-8-7-20-44(46)41-18-5-2-6-19-41/h1-38H. The minimum Gasteiger partial charge on any atom is -0.454 e. The summed E-state index contributed by atoms with van der Waals surface area (Å²) in [5.74, 6) is 0. The number of aromatic nitrogens is 2. The first-order valence-electron chi connectivity index (χ1n) is 21.6. The third-order valence-corrected chi connectivity index (χ3v) is 13.0. The molecule has 294 valence electrons. The van der Waals surface area contributed by atoms with Crippen molar-refractivity contribution in [2.45, 2.75) is 0 Å². The highest BCUT2D eigenvalue weighted by molar-refractivity contribution is 6.20. The van der Waals surface area contributed by atoms with Crippen molar-refractivity contribution < 1.29 is 4.42 Å². The molecule has 0 saturated carbocycles. The highest BCUT2D eigenvalue weighted by atomic mass is 16.3. The van der Waals surface area contributed by atoms with Crippen LogP contribution in [-0.4, -0.2) is 9.13 Å². The molecule has 0 amide bonds. The van der Waals surface area contributed by atoms with Gasteiger partial charge in [-0.25, -0.2) is 0 Å². The Labute approximate surface area is 363 Å². The molecule has 10 aromatic carbocycles. The zero-order valence-corrected chi connectivity index (χ0v) is 34.2. The molecule has 0 bridgehead atoms. The van der Waals surface area contributed by atoms with E-state index in [1.54, 1.807) is 0 Å². The number of furan rings is 1. The summed E-state index contributed by atoms with van der Waals surface area (Å²) in [5, 5.41) is 7.10. The molecule has 0 aliphatic heterocycles. The Morgan fingerprint density at radius 2 is 0.857 bits per heavy atom. The van der Waals surface area contributed by atoms with Gasteiger partial charge < -0.3 is 13.6 Å². The Kier molecular flexibility index (Phi) is 7.91. The minimum atomic E-state index is 0.871. The average molecular weight is 803 g/mol. The fraction of sp³-hybridized carbons (Fsp3) is 0. The molecule has 0 aliphatic rings. The molecule has 0 saturated heterocycles. The van der Waals surface area contributed by atoms with Crippen molar-refractivity contribution >= 4 is 65.6 Å². The molecule has 3 nitrogen and oxygen atoms in total. The number of hydrogen-bond acceptors (Lipinski definition) is 1. The van der Waals surface area contributed by atoms with E-state index in [2.05, 4.69) is 240 Å². The molecule has 0 fully saturated rings. The van der Waals surface area contributed by atoms with Gasteiger partial charge >= 0.3 is 0 Å². The molecule has 0 aliphatic carbocycles. The van der Waals surface area contributed by atoms with Gasteiger partial charge in [-0.15, -0.1) is 0 Å². The van der Waals surface area contributed by atoms with E-state index in [0.29, 0.717) is 0 Å². The van der Waals surface area contributed by atoms with Crippen LogP contribution in [0.2, 0.25) is 0 Å². The molecule has 13 aromatic rings. The summed E-state index contributed by atoms with van der Waals surface area (Å²) in [6, 6.07) is 83.2. The third kappa shape index (κ3) is 5.46. The Hall–Kier alpha value is -8.40. The number of rotatable bonds is 6. The van der Waals surface area contributed by atoms with Crippen LogP contribution in [0.25, 0.3) is 121 Å². The molecule has 63 heavy (non-hydrogen) atoms. The van der Waals surface area contributed by atoms with E-state index >= 15 is 0 Å². The maximum absolute atomic E-state index is 6.96. The van der Waals surface area contributed by atoms with Crippen LogP contribution in [0.3, 0.4) is 0 Å². The molecule has 3 aromatic heterocycles. The minimum absolute atomic E-state index is 0.871. The van der Waals surface area contributed by atoms with Crippen molar-refractivity contribution in [2.75, 3.05) is 0 Å². The Morgan fingerprint density at radius 3 is 1.65 bits per heavy atom. The molecule has 3 heterocycles. The lowest BCUT2D eigenvalue weighted by atomic mass is 9.91. The van der Waals surface area contributed by atoms with Gasteiger partial charge in [0.15, 0.2) is 5.58 Å². The van der Waals surface area contributed by atoms with Gasteiger partial charge in [0.05, 0.1) is 27.8 Å². The van der Waals surface area contributed by atoms with Crippen molar-refractivity contribution in [3.63, 3.8) is 0 Å². The van der Waals surface area contributed by atoms with Crippen LogP contribution in [0.15, 0.2) is 235 Å². The normalized spacial score (nSPS) is 11.8. The van der Waals surface area contributed by atoms with Gasteiger partial charge in [0.2, 0.25) is 0 Å². The summed E-state index contributed by atoms with van der Waals surface area (Å²) in [6.07, 6.45) is 0. The first-order valence-corrected chi connectivity index (χ1v) is 21.6. The van der Waals surface area contributed by atoms with Crippen LogP contribution in [0.1, 0.15) is 0 Å². The zero-order chi connectivity index (χ0) is 41.4. The highest BCUT2D eigenvalue weighted by Gasteiger charge is 2.23. The lowest BCUT2D eigenvalue weighted by molar-refractivity contribution is 0.666. The van der Waals surface area contributed by atoms with Crippen LogP contribution in [0, 0.1) is 0 Å². The predicted molar refractivity (Wildman–Crippen MR) is 264 cm³/mol. The SMILES string of the molecule is c1ccc(-c2ccc(-n3c4ccccc4c4cc(-c5cccc6c5c5ccccc5n6-c5ccc(-c6ccccc6-c6ccccc6)c6c5oc5ccccc56)ccc43)cc2)cc1. The second-order valence-corrected chi connectivity index (χ2v) is 16.4. The van der Waals surface area contributed by atoms with Gasteiger partial charge in [0.1, 0.15) is 5.58 Å². The molecule has 0 radical (unpaired) electrons. The smallest absolute Gasteiger partial charge is 0.160 e. The van der Waals surface area contributed by atoms with Gasteiger partial charge in [-0.3, -0.25) is 0 Å². The fourth-order valence-corrected chi connectivity index (χ4v) is 10.2. The van der Waals surface area contributed by atoms with Crippen LogP contribution < -0.4 is 0 Å². The largest absolute Gasteiger partial charge is 0.454 e. The van der Waals surface area contributed by atoms with Crippen molar-refractivity contribution in [1.82, 2.24) is 9.13 Å². The van der Waals surface area contributed by atoms with Gasteiger partial charge in [0.25, 0.3) is 0 Å². The lowest BCUT2D eigenvalue weighted by Crippen LogP contribution is -1.96. The first kappa shape index (κ1) is 35.4. The van der Waals surface area contributed by atoms with E-state index in [-0.39, 0.29) is 0 Å². The maximum atomic E-state index is 6.96. The van der Waals surface area contributed by atoms with Crippen molar-refractivity contribution in [2.24, 2.45) is 0 Å². The Bertz CT molecular complexity index is 3890. The van der Waals surface area contributed by atoms with E-state index in [4.69, 9.17) is 4.42 Å². The summed E-state index contributed by atoms with van der Waals surface area (Å²) >= 11 is 0. The average Bonchev–Trinajstić information content (AvgIpc) is 4.03. The molecule has 0 unspecified atom stereocenters. The summed E-state index contributed by atoms with van der Waals surface area (Å²) in [5.41, 5.74) is 18.1. The van der Waals surface area contributed by atoms with Gasteiger partial charge in [-0.2, -0.15) is 0 Å². The molecule has 0 spiro atoms. The van der Waals surface area contributed by atoms with E-state index in [0.717, 1.165) is 49.9 Å². The second-order valence-electron chi connectivity index (χ2n) is 16.4. The predicted octanol–water partition coefficient (Wildman–Crippen LogP) is 16.4. The topological polar surface area (TPSA) is 23.0 Å². The quantitative estimate of drug-likeness (QED) is 0.164. The van der Waals surface area contributed by atoms with Crippen molar-refractivity contribution in [1.29, 1.82) is 0 Å². The summed E-state index contributed by atoms with van der Waals surface area (Å²) in [4.78, 5) is 0. The van der Waals surface area contributed by atoms with Crippen LogP contribution in [-0.2, 0) is 0 Å². The van der Waals surface area contributed by atoms with Gasteiger partial charge in [-0.05, 0) is 99.1 Å². The van der Waals surface area contributed by atoms with E-state index < -0.39 is 0 Å². The van der Waals surface area contributed by atoms with Crippen molar-refractivity contribution in [3.8, 4) is 55.9 Å². The zero-order valence-electron chi connectivity index (χ0n) is 34.2. The molecule has 0 atom stereocenters. The molecular weight excluding hydrogens is 765 g/mol. The summed E-state index contributed by atoms with van der Waals surface area (Å²) in [7, 11) is 0.